The van der Waals surface area contributed by atoms with Gasteiger partial charge in [-0.3, -0.25) is 19.9 Å². The molecule has 0 bridgehead atoms. The molecule has 4 heterocycles. The number of nitrogens with one attached hydrogen (secondary N) is 1. The zero-order valence-corrected chi connectivity index (χ0v) is 66.6. The summed E-state index contributed by atoms with van der Waals surface area (Å²) >= 11 is 0. The first-order valence-electron chi connectivity index (χ1n) is 35.3. The van der Waals surface area contributed by atoms with Crippen molar-refractivity contribution in [3.63, 3.8) is 0 Å². The fourth-order valence-electron chi connectivity index (χ4n) is 11.7. The minimum absolute atomic E-state index is 0. The van der Waals surface area contributed by atoms with Gasteiger partial charge in [0.2, 0.25) is 0 Å². The van der Waals surface area contributed by atoms with Crippen molar-refractivity contribution < 1.29 is 34.0 Å². The molecule has 538 valence electrons. The van der Waals surface area contributed by atoms with Crippen LogP contribution in [0.2, 0.25) is 0 Å². The minimum Gasteiger partial charge on any atom is -0.512 e. The van der Waals surface area contributed by atoms with E-state index < -0.39 is 0 Å². The first-order valence-corrected chi connectivity index (χ1v) is 35.3. The number of quaternary nitrogens is 1. The Bertz CT molecular complexity index is 3890. The first kappa shape index (κ1) is 85.9. The third-order valence-electron chi connectivity index (χ3n) is 17.0. The Balaban J connectivity index is 0.000000562. The number of pyridine rings is 4. The van der Waals surface area contributed by atoms with E-state index in [4.69, 9.17) is 31.4 Å². The van der Waals surface area contributed by atoms with Crippen LogP contribution in [0.5, 0.6) is 0 Å². The zero-order chi connectivity index (χ0) is 74.1. The van der Waals surface area contributed by atoms with Gasteiger partial charge in [-0.25, -0.2) is 0 Å². The summed E-state index contributed by atoms with van der Waals surface area (Å²) in [7, 11) is 0. The Morgan fingerprint density at radius 3 is 0.874 bits per heavy atom. The van der Waals surface area contributed by atoms with Gasteiger partial charge in [0.05, 0.1) is 42.4 Å². The Hall–Kier alpha value is -9.55. The second kappa shape index (κ2) is 40.3. The fourth-order valence-corrected chi connectivity index (χ4v) is 11.7. The minimum atomic E-state index is 0. The summed E-state index contributed by atoms with van der Waals surface area (Å²) in [6.45, 7) is 51.8. The molecule has 10 aromatic rings. The van der Waals surface area contributed by atoms with E-state index in [2.05, 4.69) is 326 Å². The van der Waals surface area contributed by atoms with Gasteiger partial charge in [-0.1, -0.05) is 228 Å². The second-order valence-electron chi connectivity index (χ2n) is 31.2. The van der Waals surface area contributed by atoms with Crippen molar-refractivity contribution >= 4 is 64.6 Å². The van der Waals surface area contributed by atoms with Crippen LogP contribution in [-0.4, -0.2) is 45.7 Å². The maximum Gasteiger partial charge on any atom is 2.00 e. The van der Waals surface area contributed by atoms with E-state index in [1.54, 1.807) is 17.3 Å². The van der Waals surface area contributed by atoms with Crippen LogP contribution in [0.1, 0.15) is 175 Å². The van der Waals surface area contributed by atoms with Gasteiger partial charge in [0.1, 0.15) is 0 Å². The Labute approximate surface area is 631 Å². The van der Waals surface area contributed by atoms with Crippen molar-refractivity contribution in [1.82, 2.24) is 19.9 Å². The Morgan fingerprint density at radius 2 is 0.621 bits per heavy atom. The molecule has 0 spiro atoms. The number of benzene rings is 6. The van der Waals surface area contributed by atoms with Crippen LogP contribution in [0.3, 0.4) is 0 Å². The SMILES string of the molecule is CC(C)(C)c1ccc(N(c2ccc(/C=C/c3ccnc(-c4cc(/C=C/c5ccc(N(c6ccc(C(C)(C)C)cc6)c6ccc(C(C)(C)C)cc6)cc5)ccn4)c3)cc2)c2ccc(C(C)(C)C)cc2)cc1.CC(C)C[NH+](CC(C)C)CC(C)C.Cc1ccnc(-c2ccccn2)c1.O=C=O.[C-]#N.[CH3-].[Ru+2]. The maximum absolute atomic E-state index is 8.12. The number of nitrogens with zero attached hydrogens (tertiary/aromatic N) is 7. The molecule has 6 aromatic carbocycles. The molecule has 0 saturated heterocycles. The molecule has 0 fully saturated rings. The summed E-state index contributed by atoms with van der Waals surface area (Å²) in [5.41, 5.74) is 21.4. The predicted molar refractivity (Wildman–Crippen MR) is 431 cm³/mol. The predicted octanol–water partition coefficient (Wildman–Crippen LogP) is 22.9. The van der Waals surface area contributed by atoms with Crippen molar-refractivity contribution in [1.29, 1.82) is 5.26 Å². The number of hydrogen-bond donors (Lipinski definition) is 1. The number of rotatable bonds is 18. The molecule has 1 N–H and O–H groups in total. The number of aryl methyl sites for hydroxylation is 1. The van der Waals surface area contributed by atoms with Crippen molar-refractivity contribution in [3.8, 4) is 22.8 Å². The average molecular weight is 1460 g/mol. The molecule has 10 rings (SSSR count). The molecule has 4 aromatic heterocycles. The van der Waals surface area contributed by atoms with Gasteiger partial charge < -0.3 is 34.0 Å². The second-order valence-corrected chi connectivity index (χ2v) is 31.2. The molecule has 10 nitrogen and oxygen atoms in total. The first-order chi connectivity index (χ1) is 47.9. The van der Waals surface area contributed by atoms with Crippen LogP contribution in [0, 0.1) is 43.9 Å². The number of hydrogen-bond acceptors (Lipinski definition) is 9. The van der Waals surface area contributed by atoms with Gasteiger partial charge in [-0.15, -0.1) is 0 Å². The van der Waals surface area contributed by atoms with E-state index in [1.165, 1.54) is 47.5 Å². The molecular weight excluding hydrogens is 1350 g/mol. The van der Waals surface area contributed by atoms with Gasteiger partial charge in [0.15, 0.2) is 0 Å². The zero-order valence-electron chi connectivity index (χ0n) is 64.8. The molecule has 11 heteroatoms. The largest absolute Gasteiger partial charge is 2.00 e. The van der Waals surface area contributed by atoms with Gasteiger partial charge in [0.25, 0.3) is 0 Å². The van der Waals surface area contributed by atoms with Crippen molar-refractivity contribution in [2.45, 2.75) is 153 Å². The van der Waals surface area contributed by atoms with Crippen LogP contribution in [-0.2, 0) is 50.7 Å². The molecule has 0 atom stereocenters. The third-order valence-corrected chi connectivity index (χ3v) is 17.0. The molecule has 0 radical (unpaired) electrons. The van der Waals surface area contributed by atoms with Crippen LogP contribution in [0.4, 0.5) is 34.1 Å². The topological polar surface area (TPSA) is 120 Å². The number of anilines is 6. The molecule has 0 aliphatic carbocycles. The van der Waals surface area contributed by atoms with E-state index in [1.807, 2.05) is 61.8 Å². The molecule has 0 saturated carbocycles. The van der Waals surface area contributed by atoms with Gasteiger partial charge >= 0.3 is 25.6 Å². The number of aromatic nitrogens is 4. The monoisotopic (exact) mass is 1460 g/mol. The van der Waals surface area contributed by atoms with Crippen LogP contribution in [0.25, 0.3) is 47.1 Å². The van der Waals surface area contributed by atoms with Crippen LogP contribution < -0.4 is 14.7 Å². The summed E-state index contributed by atoms with van der Waals surface area (Å²) in [6, 6.07) is 71.6. The van der Waals surface area contributed by atoms with Gasteiger partial charge in [0, 0.05) is 76.7 Å². The summed E-state index contributed by atoms with van der Waals surface area (Å²) < 4.78 is 0. The van der Waals surface area contributed by atoms with E-state index in [0.29, 0.717) is 0 Å². The van der Waals surface area contributed by atoms with Crippen molar-refractivity contribution in [2.24, 2.45) is 17.8 Å². The van der Waals surface area contributed by atoms with Crippen LogP contribution >= 0.6 is 0 Å². The maximum atomic E-state index is 8.12. The van der Waals surface area contributed by atoms with E-state index >= 15 is 0 Å². The van der Waals surface area contributed by atoms with E-state index in [9.17, 15) is 0 Å². The molecule has 0 amide bonds. The summed E-state index contributed by atoms with van der Waals surface area (Å²) in [6.07, 6.45) is 16.2. The molecule has 103 heavy (non-hydrogen) atoms. The van der Waals surface area contributed by atoms with Crippen LogP contribution in [0.15, 0.2) is 225 Å². The normalized spacial score (nSPS) is 11.4. The molecule has 0 aliphatic heterocycles. The standard InChI is InChI=1S/C66H70N4.C12H27N.C11H10N2.CN.CO2.CH3.Ru/c1-63(2,3)51-21-33-57(34-22-51)69(58-35-23-52(24-36-58)64(4,5)6)55-29-17-47(18-30-55)13-15-49-41-43-67-61(45-49)62-46-50(42-44-68-62)16-14-48-19-31-56(32-20-48)70(59-37-25-53(26-38-59)65(7,8)9)60-39-27-54(28-40-60)66(10,11)12;1-10(2)7-13(8-11(3)4)9-12(5)6;1-9-5-7-13-11(8-9)10-4-2-3-6-12-10;1-2;2-1-3;;/h13-46H,1-12H3;10-12H,7-9H2,1-6H3;2-8H,1H3;;;1H3;/q;;;-1;;-1;+2/p+1/b15-13+,16-14+;;;;;;. The van der Waals surface area contributed by atoms with Gasteiger partial charge in [-0.2, -0.15) is 9.59 Å². The Morgan fingerprint density at radius 1 is 0.369 bits per heavy atom. The number of carbonyl (C=O) groups excluding carboxylic acids is 2. The van der Waals surface area contributed by atoms with E-state index in [0.717, 1.165) is 96.9 Å². The summed E-state index contributed by atoms with van der Waals surface area (Å²) in [5, 5.41) is 6.25. The third kappa shape index (κ3) is 27.3. The average Bonchev–Trinajstić information content (AvgIpc) is 0.799. The quantitative estimate of drug-likeness (QED) is 0.0661. The molecule has 0 unspecified atom stereocenters. The van der Waals surface area contributed by atoms with Crippen molar-refractivity contribution in [2.75, 3.05) is 29.4 Å². The molecular formula is C92H111N8O2Ru+. The molecule has 0 aliphatic rings. The fraction of sp³-hybridized carbons (Fsp3) is 0.315. The summed E-state index contributed by atoms with van der Waals surface area (Å²) in [4.78, 5) is 40.6. The van der Waals surface area contributed by atoms with Crippen molar-refractivity contribution in [3.05, 3.63) is 289 Å². The summed E-state index contributed by atoms with van der Waals surface area (Å²) in [5.74, 6) is 2.48. The van der Waals surface area contributed by atoms with Gasteiger partial charge in [-0.05, 0) is 200 Å². The smallest absolute Gasteiger partial charge is 0.512 e. The van der Waals surface area contributed by atoms with E-state index in [-0.39, 0.29) is 54.7 Å². The Kier molecular flexibility index (Phi) is 33.6.